The van der Waals surface area contributed by atoms with E-state index in [-0.39, 0.29) is 17.6 Å². The Morgan fingerprint density at radius 1 is 1.19 bits per heavy atom. The molecule has 8 heteroatoms. The standard InChI is InChI=1S/C18H24FN5O2/c1-9-3-6-14(20)22(8-9)16-10(2)15-12(7-13(16)19)17(25)24(21)18(26)23(15)11-4-5-11/h7,9,11,14H,3-6,8,20-21H2,1-2H3. The van der Waals surface area contributed by atoms with Gasteiger partial charge in [-0.25, -0.2) is 9.18 Å². The molecule has 1 saturated heterocycles. The van der Waals surface area contributed by atoms with Gasteiger partial charge >= 0.3 is 5.69 Å². The lowest BCUT2D eigenvalue weighted by Crippen LogP contribution is -2.49. The number of nitrogen functional groups attached to an aromatic ring is 1. The second kappa shape index (κ2) is 5.84. The number of hydrogen-bond acceptors (Lipinski definition) is 5. The SMILES string of the molecule is Cc1c(N2CC(C)CCC2N)c(F)cc2c(=O)n(N)c(=O)n(C3CC3)c12. The number of rotatable bonds is 2. The van der Waals surface area contributed by atoms with E-state index in [4.69, 9.17) is 11.6 Å². The van der Waals surface area contributed by atoms with Gasteiger partial charge in [0.15, 0.2) is 0 Å². The van der Waals surface area contributed by atoms with E-state index >= 15 is 4.39 Å². The van der Waals surface area contributed by atoms with Crippen molar-refractivity contribution in [2.45, 2.75) is 51.7 Å². The summed E-state index contributed by atoms with van der Waals surface area (Å²) < 4.78 is 17.2. The first-order valence-corrected chi connectivity index (χ1v) is 9.09. The molecular formula is C18H24FN5O2. The minimum atomic E-state index is -0.674. The Kier molecular flexibility index (Phi) is 3.83. The van der Waals surface area contributed by atoms with Crippen LogP contribution in [0.15, 0.2) is 15.7 Å². The quantitative estimate of drug-likeness (QED) is 0.783. The summed E-state index contributed by atoms with van der Waals surface area (Å²) >= 11 is 0. The molecule has 2 aliphatic rings. The monoisotopic (exact) mass is 361 g/mol. The molecule has 1 aromatic carbocycles. The number of nitrogens with zero attached hydrogens (tertiary/aromatic N) is 3. The number of aryl methyl sites for hydroxylation is 1. The molecule has 0 bridgehead atoms. The molecule has 26 heavy (non-hydrogen) atoms. The van der Waals surface area contributed by atoms with Crippen molar-refractivity contribution >= 4 is 16.6 Å². The third-order valence-corrected chi connectivity index (χ3v) is 5.63. The number of fused-ring (bicyclic) bond motifs is 1. The fourth-order valence-electron chi connectivity index (χ4n) is 4.11. The van der Waals surface area contributed by atoms with Crippen molar-refractivity contribution < 1.29 is 4.39 Å². The highest BCUT2D eigenvalue weighted by Gasteiger charge is 2.32. The second-order valence-corrected chi connectivity index (χ2v) is 7.69. The van der Waals surface area contributed by atoms with Gasteiger partial charge in [-0.3, -0.25) is 9.36 Å². The number of aromatic nitrogens is 2. The normalized spacial score (nSPS) is 23.6. The van der Waals surface area contributed by atoms with Gasteiger partial charge in [-0.2, -0.15) is 4.68 Å². The number of nitrogens with two attached hydrogens (primary N) is 2. The van der Waals surface area contributed by atoms with Crippen LogP contribution in [0.4, 0.5) is 10.1 Å². The van der Waals surface area contributed by atoms with Crippen molar-refractivity contribution in [1.82, 2.24) is 9.24 Å². The molecule has 4 rings (SSSR count). The van der Waals surface area contributed by atoms with Crippen molar-refractivity contribution in [1.29, 1.82) is 0 Å². The predicted octanol–water partition coefficient (Wildman–Crippen LogP) is 1.18. The van der Waals surface area contributed by atoms with E-state index in [1.165, 1.54) is 6.07 Å². The third kappa shape index (κ3) is 2.43. The van der Waals surface area contributed by atoms with Crippen LogP contribution < -0.4 is 27.7 Å². The Morgan fingerprint density at radius 3 is 2.54 bits per heavy atom. The van der Waals surface area contributed by atoms with Crippen molar-refractivity contribution in [3.8, 4) is 0 Å². The summed E-state index contributed by atoms with van der Waals surface area (Å²) in [4.78, 5) is 26.9. The lowest BCUT2D eigenvalue weighted by Gasteiger charge is -2.39. The Labute approximate surface area is 150 Å². The maximum Gasteiger partial charge on any atom is 0.350 e. The van der Waals surface area contributed by atoms with Crippen LogP contribution >= 0.6 is 0 Å². The fourth-order valence-corrected chi connectivity index (χ4v) is 4.11. The van der Waals surface area contributed by atoms with E-state index in [0.717, 1.165) is 25.7 Å². The predicted molar refractivity (Wildman–Crippen MR) is 99.3 cm³/mol. The molecule has 2 heterocycles. The third-order valence-electron chi connectivity index (χ3n) is 5.63. The lowest BCUT2D eigenvalue weighted by atomic mass is 9.96. The Bertz CT molecular complexity index is 1010. The summed E-state index contributed by atoms with van der Waals surface area (Å²) in [5.74, 6) is 5.55. The maximum absolute atomic E-state index is 15.1. The average Bonchev–Trinajstić information content (AvgIpc) is 3.42. The van der Waals surface area contributed by atoms with Crippen molar-refractivity contribution in [3.63, 3.8) is 0 Å². The first-order valence-electron chi connectivity index (χ1n) is 9.09. The lowest BCUT2D eigenvalue weighted by molar-refractivity contribution is 0.377. The number of hydrogen-bond donors (Lipinski definition) is 2. The van der Waals surface area contributed by atoms with Gasteiger partial charge < -0.3 is 16.5 Å². The van der Waals surface area contributed by atoms with Gasteiger partial charge in [-0.15, -0.1) is 0 Å². The summed E-state index contributed by atoms with van der Waals surface area (Å²) in [7, 11) is 0. The maximum atomic E-state index is 15.1. The first-order chi connectivity index (χ1) is 12.3. The Hall–Kier alpha value is -2.35. The van der Waals surface area contributed by atoms with E-state index in [0.29, 0.717) is 33.9 Å². The fraction of sp³-hybridized carbons (Fsp3) is 0.556. The van der Waals surface area contributed by atoms with Gasteiger partial charge in [0.05, 0.1) is 22.8 Å². The molecule has 0 radical (unpaired) electrons. The largest absolute Gasteiger partial charge is 0.353 e. The molecule has 140 valence electrons. The highest BCUT2D eigenvalue weighted by molar-refractivity contribution is 5.87. The molecular weight excluding hydrogens is 337 g/mol. The van der Waals surface area contributed by atoms with Crippen LogP contribution in [0.3, 0.4) is 0 Å². The Balaban J connectivity index is 2.05. The van der Waals surface area contributed by atoms with E-state index in [1.54, 1.807) is 11.5 Å². The summed E-state index contributed by atoms with van der Waals surface area (Å²) in [5.41, 5.74) is 6.47. The molecule has 2 unspecified atom stereocenters. The molecule has 2 fully saturated rings. The van der Waals surface area contributed by atoms with E-state index in [9.17, 15) is 9.59 Å². The minimum Gasteiger partial charge on any atom is -0.353 e. The molecule has 0 spiro atoms. The second-order valence-electron chi connectivity index (χ2n) is 7.69. The number of halogens is 1. The van der Waals surface area contributed by atoms with Gasteiger partial charge in [0.2, 0.25) is 0 Å². The van der Waals surface area contributed by atoms with Crippen LogP contribution in [0.5, 0.6) is 0 Å². The van der Waals surface area contributed by atoms with Gasteiger partial charge in [0.25, 0.3) is 5.56 Å². The Morgan fingerprint density at radius 2 is 1.88 bits per heavy atom. The molecule has 2 atom stereocenters. The zero-order valence-corrected chi connectivity index (χ0v) is 15.0. The number of piperidine rings is 1. The highest BCUT2D eigenvalue weighted by atomic mass is 19.1. The van der Waals surface area contributed by atoms with Crippen LogP contribution in [0, 0.1) is 18.7 Å². The van der Waals surface area contributed by atoms with Crippen molar-refractivity contribution in [2.24, 2.45) is 11.7 Å². The van der Waals surface area contributed by atoms with E-state index in [2.05, 4.69) is 6.92 Å². The number of benzene rings is 1. The first kappa shape index (κ1) is 17.1. The molecule has 7 nitrogen and oxygen atoms in total. The van der Waals surface area contributed by atoms with Gasteiger partial charge in [-0.05, 0) is 44.6 Å². The molecule has 1 aliphatic heterocycles. The molecule has 1 saturated carbocycles. The summed E-state index contributed by atoms with van der Waals surface area (Å²) in [5, 5.41) is 0.136. The molecule has 1 aliphatic carbocycles. The molecule has 0 amide bonds. The van der Waals surface area contributed by atoms with Crippen molar-refractivity contribution in [3.05, 3.63) is 38.3 Å². The van der Waals surface area contributed by atoms with Crippen LogP contribution in [0.2, 0.25) is 0 Å². The zero-order valence-electron chi connectivity index (χ0n) is 15.0. The zero-order chi connectivity index (χ0) is 18.7. The highest BCUT2D eigenvalue weighted by Crippen LogP contribution is 2.39. The minimum absolute atomic E-state index is 0.00589. The van der Waals surface area contributed by atoms with E-state index in [1.807, 2.05) is 4.90 Å². The van der Waals surface area contributed by atoms with E-state index < -0.39 is 17.1 Å². The smallest absolute Gasteiger partial charge is 0.350 e. The van der Waals surface area contributed by atoms with Crippen LogP contribution in [0.25, 0.3) is 10.9 Å². The molecule has 2 aromatic rings. The van der Waals surface area contributed by atoms with Crippen LogP contribution in [-0.4, -0.2) is 22.0 Å². The average molecular weight is 361 g/mol. The summed E-state index contributed by atoms with van der Waals surface area (Å²) in [6, 6.07) is 1.21. The van der Waals surface area contributed by atoms with Gasteiger partial charge in [0, 0.05) is 18.2 Å². The summed E-state index contributed by atoms with van der Waals surface area (Å²) in [6.45, 7) is 4.51. The molecule has 4 N–H and O–H groups in total. The van der Waals surface area contributed by atoms with Gasteiger partial charge in [-0.1, -0.05) is 6.92 Å². The van der Waals surface area contributed by atoms with Gasteiger partial charge in [0.1, 0.15) is 5.82 Å². The number of anilines is 1. The van der Waals surface area contributed by atoms with Crippen LogP contribution in [-0.2, 0) is 0 Å². The topological polar surface area (TPSA) is 99.3 Å². The van der Waals surface area contributed by atoms with Crippen molar-refractivity contribution in [2.75, 3.05) is 17.3 Å². The van der Waals surface area contributed by atoms with Crippen LogP contribution in [0.1, 0.15) is 44.2 Å². The molecule has 1 aromatic heterocycles. The summed E-state index contributed by atoms with van der Waals surface area (Å²) in [6.07, 6.45) is 3.18.